The zero-order chi connectivity index (χ0) is 15.6. The topological polar surface area (TPSA) is 64.9 Å². The Labute approximate surface area is 134 Å². The summed E-state index contributed by atoms with van der Waals surface area (Å²) >= 11 is 1.72. The van der Waals surface area contributed by atoms with Gasteiger partial charge in [-0.05, 0) is 36.4 Å². The van der Waals surface area contributed by atoms with E-state index < -0.39 is 0 Å². The summed E-state index contributed by atoms with van der Waals surface area (Å²) in [6.45, 7) is 0.856. The Morgan fingerprint density at radius 1 is 1.09 bits per heavy atom. The Morgan fingerprint density at radius 3 is 2.50 bits per heavy atom. The van der Waals surface area contributed by atoms with Crippen molar-refractivity contribution in [2.45, 2.75) is 4.90 Å². The van der Waals surface area contributed by atoms with E-state index in [9.17, 15) is 4.79 Å². The zero-order valence-electron chi connectivity index (χ0n) is 12.1. The van der Waals surface area contributed by atoms with E-state index >= 15 is 0 Å². The van der Waals surface area contributed by atoms with Gasteiger partial charge in [0.25, 0.3) is 0 Å². The number of hydrogen-bond acceptors (Lipinski definition) is 4. The largest absolute Gasteiger partial charge is 0.376 e. The van der Waals surface area contributed by atoms with E-state index in [1.807, 2.05) is 18.2 Å². The normalized spacial score (nSPS) is 9.77. The number of thioether (sulfide) groups is 1. The van der Waals surface area contributed by atoms with E-state index in [1.54, 1.807) is 36.0 Å². The van der Waals surface area contributed by atoms with Gasteiger partial charge in [-0.15, -0.1) is 11.8 Å². The van der Waals surface area contributed by atoms with Crippen LogP contribution in [-0.2, 0) is 4.79 Å². The molecule has 2 N–H and O–H groups in total. The van der Waals surface area contributed by atoms with Gasteiger partial charge in [0.2, 0.25) is 5.91 Å². The number of hydrogen-bond donors (Lipinski definition) is 2. The summed E-state index contributed by atoms with van der Waals surface area (Å²) in [4.78, 5) is 12.9. The third kappa shape index (κ3) is 5.51. The first-order valence-electron chi connectivity index (χ1n) is 6.96. The number of nitrogens with zero attached hydrogens (tertiary/aromatic N) is 1. The predicted octanol–water partition coefficient (Wildman–Crippen LogP) is 2.88. The van der Waals surface area contributed by atoms with E-state index in [1.165, 1.54) is 4.90 Å². The lowest BCUT2D eigenvalue weighted by atomic mass is 10.2. The fourth-order valence-electron chi connectivity index (χ4n) is 1.78. The smallest absolute Gasteiger partial charge is 0.239 e. The van der Waals surface area contributed by atoms with Gasteiger partial charge in [0.1, 0.15) is 0 Å². The average Bonchev–Trinajstić information content (AvgIpc) is 2.58. The summed E-state index contributed by atoms with van der Waals surface area (Å²) in [5, 5.41) is 14.6. The Kier molecular flexibility index (Phi) is 6.34. The minimum absolute atomic E-state index is 0.0435. The molecule has 4 nitrogen and oxygen atoms in total. The van der Waals surface area contributed by atoms with Crippen molar-refractivity contribution in [3.63, 3.8) is 0 Å². The van der Waals surface area contributed by atoms with Gasteiger partial charge in [-0.25, -0.2) is 0 Å². The quantitative estimate of drug-likeness (QED) is 0.609. The van der Waals surface area contributed by atoms with E-state index in [4.69, 9.17) is 5.26 Å². The Bertz CT molecular complexity index is 635. The van der Waals surface area contributed by atoms with E-state index in [0.717, 1.165) is 11.4 Å². The van der Waals surface area contributed by atoms with E-state index in [2.05, 4.69) is 28.8 Å². The van der Waals surface area contributed by atoms with Crippen LogP contribution in [0.1, 0.15) is 5.56 Å². The van der Waals surface area contributed by atoms with Gasteiger partial charge in [-0.2, -0.15) is 5.26 Å². The fourth-order valence-corrected chi connectivity index (χ4v) is 2.57. The van der Waals surface area contributed by atoms with Crippen LogP contribution in [0.4, 0.5) is 5.69 Å². The first kappa shape index (κ1) is 15.9. The number of carbonyl (C=O) groups excluding carboxylic acids is 1. The van der Waals surface area contributed by atoms with Crippen LogP contribution in [0.15, 0.2) is 59.5 Å². The number of rotatable bonds is 7. The molecule has 22 heavy (non-hydrogen) atoms. The summed E-state index contributed by atoms with van der Waals surface area (Å²) in [6.07, 6.45) is 0. The second-order valence-corrected chi connectivity index (χ2v) is 5.72. The lowest BCUT2D eigenvalue weighted by molar-refractivity contribution is -0.119. The lowest BCUT2D eigenvalue weighted by Gasteiger charge is -2.08. The van der Waals surface area contributed by atoms with Crippen LogP contribution < -0.4 is 10.6 Å². The Balaban J connectivity index is 1.62. The number of nitrogens with one attached hydrogen (secondary N) is 2. The van der Waals surface area contributed by atoms with Gasteiger partial charge in [0, 0.05) is 22.9 Å². The molecule has 0 saturated heterocycles. The second-order valence-electron chi connectivity index (χ2n) is 4.55. The molecule has 0 atom stereocenters. The number of nitriles is 1. The average molecular weight is 311 g/mol. The first-order chi connectivity index (χ1) is 10.8. The molecule has 2 rings (SSSR count). The summed E-state index contributed by atoms with van der Waals surface area (Å²) in [5.41, 5.74) is 1.43. The zero-order valence-corrected chi connectivity index (χ0v) is 12.9. The number of anilines is 1. The molecule has 0 aliphatic heterocycles. The molecule has 0 fully saturated rings. The molecule has 0 spiro atoms. The molecule has 0 heterocycles. The molecule has 0 unspecified atom stereocenters. The maximum Gasteiger partial charge on any atom is 0.239 e. The van der Waals surface area contributed by atoms with Crippen LogP contribution >= 0.6 is 11.8 Å². The Morgan fingerprint density at radius 2 is 1.82 bits per heavy atom. The van der Waals surface area contributed by atoms with Crippen molar-refractivity contribution < 1.29 is 4.79 Å². The van der Waals surface area contributed by atoms with Gasteiger partial charge >= 0.3 is 0 Å². The van der Waals surface area contributed by atoms with Crippen LogP contribution in [-0.4, -0.2) is 24.7 Å². The highest BCUT2D eigenvalue weighted by Gasteiger charge is 2.01. The summed E-state index contributed by atoms with van der Waals surface area (Å²) in [5.74, 6) is 0.796. The fraction of sp³-hybridized carbons (Fsp3) is 0.176. The molecule has 0 saturated carbocycles. The standard InChI is InChI=1S/C17H17N3OS/c18-12-14-6-8-15(9-7-14)20-13-17(21)19-10-11-22-16-4-2-1-3-5-16/h1-9,20H,10-11,13H2,(H,19,21). The molecule has 0 aliphatic carbocycles. The highest BCUT2D eigenvalue weighted by atomic mass is 32.2. The molecule has 1 amide bonds. The van der Waals surface area contributed by atoms with Crippen molar-refractivity contribution in [3.05, 3.63) is 60.2 Å². The summed E-state index contributed by atoms with van der Waals surface area (Å²) in [6, 6.07) is 19.2. The van der Waals surface area contributed by atoms with Crippen molar-refractivity contribution >= 4 is 23.4 Å². The van der Waals surface area contributed by atoms with Crippen molar-refractivity contribution in [2.75, 3.05) is 24.2 Å². The summed E-state index contributed by atoms with van der Waals surface area (Å²) in [7, 11) is 0. The van der Waals surface area contributed by atoms with E-state index in [-0.39, 0.29) is 12.5 Å². The Hall–Kier alpha value is -2.45. The van der Waals surface area contributed by atoms with Crippen molar-refractivity contribution in [1.82, 2.24) is 5.32 Å². The van der Waals surface area contributed by atoms with Crippen LogP contribution in [0.2, 0.25) is 0 Å². The van der Waals surface area contributed by atoms with Gasteiger partial charge in [-0.1, -0.05) is 18.2 Å². The van der Waals surface area contributed by atoms with Crippen molar-refractivity contribution in [2.24, 2.45) is 0 Å². The van der Waals surface area contributed by atoms with Crippen molar-refractivity contribution in [1.29, 1.82) is 5.26 Å². The molecule has 0 bridgehead atoms. The molecule has 0 radical (unpaired) electrons. The minimum atomic E-state index is -0.0435. The number of benzene rings is 2. The molecule has 2 aromatic rings. The van der Waals surface area contributed by atoms with Crippen molar-refractivity contribution in [3.8, 4) is 6.07 Å². The monoisotopic (exact) mass is 311 g/mol. The maximum atomic E-state index is 11.7. The molecule has 112 valence electrons. The number of carbonyl (C=O) groups is 1. The molecule has 0 aromatic heterocycles. The SMILES string of the molecule is N#Cc1ccc(NCC(=O)NCCSc2ccccc2)cc1. The van der Waals surface area contributed by atoms with Crippen LogP contribution in [0.25, 0.3) is 0 Å². The number of amides is 1. The molecular weight excluding hydrogens is 294 g/mol. The summed E-state index contributed by atoms with van der Waals surface area (Å²) < 4.78 is 0. The van der Waals surface area contributed by atoms with Crippen LogP contribution in [0.3, 0.4) is 0 Å². The maximum absolute atomic E-state index is 11.7. The van der Waals surface area contributed by atoms with Crippen LogP contribution in [0.5, 0.6) is 0 Å². The first-order valence-corrected chi connectivity index (χ1v) is 7.95. The van der Waals surface area contributed by atoms with Crippen LogP contribution in [0, 0.1) is 11.3 Å². The predicted molar refractivity (Wildman–Crippen MR) is 89.8 cm³/mol. The van der Waals surface area contributed by atoms with Gasteiger partial charge in [-0.3, -0.25) is 4.79 Å². The van der Waals surface area contributed by atoms with E-state index in [0.29, 0.717) is 12.1 Å². The molecular formula is C17H17N3OS. The van der Waals surface area contributed by atoms with Gasteiger partial charge < -0.3 is 10.6 Å². The third-order valence-corrected chi connectivity index (χ3v) is 3.92. The second kappa shape index (κ2) is 8.75. The molecule has 0 aliphatic rings. The highest BCUT2D eigenvalue weighted by Crippen LogP contribution is 2.15. The lowest BCUT2D eigenvalue weighted by Crippen LogP contribution is -2.31. The third-order valence-electron chi connectivity index (χ3n) is 2.90. The minimum Gasteiger partial charge on any atom is -0.376 e. The van der Waals surface area contributed by atoms with Gasteiger partial charge in [0.15, 0.2) is 0 Å². The molecule has 2 aromatic carbocycles. The molecule has 5 heteroatoms. The highest BCUT2D eigenvalue weighted by molar-refractivity contribution is 7.99. The van der Waals surface area contributed by atoms with Gasteiger partial charge in [0.05, 0.1) is 18.2 Å².